The van der Waals surface area contributed by atoms with Gasteiger partial charge in [0.2, 0.25) is 0 Å². The maximum absolute atomic E-state index is 11.6. The molecule has 19 heavy (non-hydrogen) atoms. The first kappa shape index (κ1) is 15.1. The van der Waals surface area contributed by atoms with Gasteiger partial charge in [0.25, 0.3) is 0 Å². The predicted octanol–water partition coefficient (Wildman–Crippen LogP) is 1.26. The first-order chi connectivity index (χ1) is 9.13. The van der Waals surface area contributed by atoms with Crippen molar-refractivity contribution in [2.24, 2.45) is 0 Å². The van der Waals surface area contributed by atoms with Crippen LogP contribution in [0.5, 0.6) is 11.5 Å². The summed E-state index contributed by atoms with van der Waals surface area (Å²) >= 11 is 0. The average molecular weight is 269 g/mol. The molecule has 0 bridgehead atoms. The quantitative estimate of drug-likeness (QED) is 0.842. The molecule has 0 aromatic heterocycles. The first-order valence-corrected chi connectivity index (χ1v) is 5.82. The maximum atomic E-state index is 11.6. The Balaban J connectivity index is 2.78. The summed E-state index contributed by atoms with van der Waals surface area (Å²) in [5, 5.41) is 8.60. The summed E-state index contributed by atoms with van der Waals surface area (Å²) in [5.41, 5.74) is 0.810. The normalized spacial score (nSPS) is 9.89. The topological polar surface area (TPSA) is 68.2 Å². The lowest BCUT2D eigenvalue weighted by molar-refractivity contribution is 0.0891. The molecule has 0 radical (unpaired) electrons. The minimum atomic E-state index is -0.501. The van der Waals surface area contributed by atoms with Gasteiger partial charge in [-0.25, -0.2) is 4.79 Å². The number of benzene rings is 1. The van der Waals surface area contributed by atoms with Crippen LogP contribution in [0.3, 0.4) is 0 Å². The summed E-state index contributed by atoms with van der Waals surface area (Å²) < 4.78 is 15.3. The number of rotatable bonds is 6. The number of ether oxygens (including phenoxy) is 3. The Hall–Kier alpha value is -1.95. The van der Waals surface area contributed by atoms with E-state index in [9.17, 15) is 4.79 Å². The van der Waals surface area contributed by atoms with E-state index in [0.717, 1.165) is 5.56 Å². The summed E-state index contributed by atoms with van der Waals surface area (Å²) in [7, 11) is 4.71. The van der Waals surface area contributed by atoms with E-state index in [1.807, 2.05) is 12.1 Å². The van der Waals surface area contributed by atoms with Crippen molar-refractivity contribution in [1.82, 2.24) is 4.90 Å². The molecule has 0 aliphatic heterocycles. The van der Waals surface area contributed by atoms with Crippen LogP contribution in [0.4, 0.5) is 4.79 Å². The van der Waals surface area contributed by atoms with Crippen molar-refractivity contribution in [3.05, 3.63) is 23.8 Å². The highest BCUT2D eigenvalue weighted by Gasteiger charge is 2.15. The SMILES string of the molecule is COc1cccc(CN(C)C(=O)OCCO)c1OC. The Morgan fingerprint density at radius 3 is 2.63 bits per heavy atom. The summed E-state index contributed by atoms with van der Waals surface area (Å²) in [4.78, 5) is 13.0. The van der Waals surface area contributed by atoms with Crippen molar-refractivity contribution in [2.45, 2.75) is 6.54 Å². The first-order valence-electron chi connectivity index (χ1n) is 5.82. The van der Waals surface area contributed by atoms with Gasteiger partial charge >= 0.3 is 6.09 Å². The Morgan fingerprint density at radius 1 is 1.32 bits per heavy atom. The lowest BCUT2D eigenvalue weighted by Crippen LogP contribution is -2.28. The zero-order chi connectivity index (χ0) is 14.3. The zero-order valence-electron chi connectivity index (χ0n) is 11.4. The third-order valence-electron chi connectivity index (χ3n) is 2.52. The Bertz CT molecular complexity index is 421. The van der Waals surface area contributed by atoms with E-state index in [0.29, 0.717) is 18.0 Å². The number of hydrogen-bond acceptors (Lipinski definition) is 5. The molecule has 1 rings (SSSR count). The Morgan fingerprint density at radius 2 is 2.05 bits per heavy atom. The van der Waals surface area contributed by atoms with Crippen LogP contribution >= 0.6 is 0 Å². The number of hydrogen-bond donors (Lipinski definition) is 1. The van der Waals surface area contributed by atoms with E-state index in [2.05, 4.69) is 0 Å². The summed E-state index contributed by atoms with van der Waals surface area (Å²) in [6, 6.07) is 5.45. The molecule has 0 aliphatic carbocycles. The van der Waals surface area contributed by atoms with Crippen LogP contribution < -0.4 is 9.47 Å². The highest BCUT2D eigenvalue weighted by Crippen LogP contribution is 2.31. The molecule has 0 fully saturated rings. The third kappa shape index (κ3) is 4.03. The second-order valence-electron chi connectivity index (χ2n) is 3.85. The largest absolute Gasteiger partial charge is 0.493 e. The van der Waals surface area contributed by atoms with E-state index < -0.39 is 6.09 Å². The molecule has 1 N–H and O–H groups in total. The number of carbonyl (C=O) groups is 1. The summed E-state index contributed by atoms with van der Waals surface area (Å²) in [6.45, 7) is 0.116. The molecule has 0 atom stereocenters. The van der Waals surface area contributed by atoms with Crippen molar-refractivity contribution in [2.75, 3.05) is 34.5 Å². The number of nitrogens with zero attached hydrogens (tertiary/aromatic N) is 1. The number of amides is 1. The van der Waals surface area contributed by atoms with Gasteiger partial charge in [-0.15, -0.1) is 0 Å². The molecule has 0 aliphatic rings. The van der Waals surface area contributed by atoms with Crippen LogP contribution in [0, 0.1) is 0 Å². The third-order valence-corrected chi connectivity index (χ3v) is 2.52. The second-order valence-corrected chi connectivity index (χ2v) is 3.85. The monoisotopic (exact) mass is 269 g/mol. The Kier molecular flexibility index (Phi) is 5.95. The molecular formula is C13H19NO5. The molecule has 6 heteroatoms. The standard InChI is InChI=1S/C13H19NO5/c1-14(13(16)19-8-7-15)9-10-5-4-6-11(17-2)12(10)18-3/h4-6,15H,7-9H2,1-3H3. The van der Waals surface area contributed by atoms with Crippen molar-refractivity contribution < 1.29 is 24.1 Å². The lowest BCUT2D eigenvalue weighted by Gasteiger charge is -2.19. The highest BCUT2D eigenvalue weighted by molar-refractivity contribution is 5.67. The minimum Gasteiger partial charge on any atom is -0.493 e. The fraction of sp³-hybridized carbons (Fsp3) is 0.462. The molecule has 0 heterocycles. The maximum Gasteiger partial charge on any atom is 0.409 e. The molecule has 0 saturated carbocycles. The van der Waals surface area contributed by atoms with Gasteiger partial charge in [-0.2, -0.15) is 0 Å². The fourth-order valence-electron chi connectivity index (χ4n) is 1.64. The van der Waals surface area contributed by atoms with Crippen molar-refractivity contribution in [3.63, 3.8) is 0 Å². The molecule has 0 unspecified atom stereocenters. The number of para-hydroxylation sites is 1. The van der Waals surface area contributed by atoms with Crippen molar-refractivity contribution in [3.8, 4) is 11.5 Å². The van der Waals surface area contributed by atoms with Gasteiger partial charge < -0.3 is 24.2 Å². The van der Waals surface area contributed by atoms with Crippen LogP contribution in [-0.2, 0) is 11.3 Å². The van der Waals surface area contributed by atoms with Crippen LogP contribution in [0.1, 0.15) is 5.56 Å². The molecule has 1 aromatic rings. The van der Waals surface area contributed by atoms with Gasteiger partial charge in [0.15, 0.2) is 11.5 Å². The van der Waals surface area contributed by atoms with Crippen LogP contribution in [0.15, 0.2) is 18.2 Å². The van der Waals surface area contributed by atoms with E-state index in [4.69, 9.17) is 19.3 Å². The fourth-order valence-corrected chi connectivity index (χ4v) is 1.64. The summed E-state index contributed by atoms with van der Waals surface area (Å²) in [5.74, 6) is 1.20. The smallest absolute Gasteiger partial charge is 0.409 e. The van der Waals surface area contributed by atoms with Gasteiger partial charge in [-0.1, -0.05) is 12.1 Å². The lowest BCUT2D eigenvalue weighted by atomic mass is 10.2. The van der Waals surface area contributed by atoms with E-state index in [1.54, 1.807) is 27.3 Å². The van der Waals surface area contributed by atoms with E-state index >= 15 is 0 Å². The Labute approximate surface area is 112 Å². The minimum absolute atomic E-state index is 0.0155. The molecule has 106 valence electrons. The van der Waals surface area contributed by atoms with Gasteiger partial charge in [0.05, 0.1) is 27.4 Å². The van der Waals surface area contributed by atoms with Crippen molar-refractivity contribution in [1.29, 1.82) is 0 Å². The predicted molar refractivity (Wildman–Crippen MR) is 69.4 cm³/mol. The van der Waals surface area contributed by atoms with Gasteiger partial charge in [-0.3, -0.25) is 0 Å². The van der Waals surface area contributed by atoms with Gasteiger partial charge in [0, 0.05) is 12.6 Å². The van der Waals surface area contributed by atoms with Crippen LogP contribution in [0.25, 0.3) is 0 Å². The van der Waals surface area contributed by atoms with Crippen molar-refractivity contribution >= 4 is 6.09 Å². The molecule has 1 amide bonds. The number of carbonyl (C=O) groups excluding carboxylic acids is 1. The second kappa shape index (κ2) is 7.48. The van der Waals surface area contributed by atoms with Crippen LogP contribution in [0.2, 0.25) is 0 Å². The van der Waals surface area contributed by atoms with E-state index in [1.165, 1.54) is 4.90 Å². The van der Waals surface area contributed by atoms with Gasteiger partial charge in [0.1, 0.15) is 6.61 Å². The molecule has 0 saturated heterocycles. The molecule has 6 nitrogen and oxygen atoms in total. The van der Waals surface area contributed by atoms with E-state index in [-0.39, 0.29) is 13.2 Å². The molecular weight excluding hydrogens is 250 g/mol. The van der Waals surface area contributed by atoms with Crippen LogP contribution in [-0.4, -0.2) is 50.6 Å². The number of aliphatic hydroxyl groups is 1. The molecule has 1 aromatic carbocycles. The summed E-state index contributed by atoms with van der Waals surface area (Å²) in [6.07, 6.45) is -0.501. The molecule has 0 spiro atoms. The zero-order valence-corrected chi connectivity index (χ0v) is 11.4. The highest BCUT2D eigenvalue weighted by atomic mass is 16.6. The van der Waals surface area contributed by atoms with Gasteiger partial charge in [-0.05, 0) is 6.07 Å². The average Bonchev–Trinajstić information content (AvgIpc) is 2.44. The number of methoxy groups -OCH3 is 2. The number of aliphatic hydroxyl groups excluding tert-OH is 1.